The van der Waals surface area contributed by atoms with Gasteiger partial charge in [0.2, 0.25) is 0 Å². The molecule has 0 aliphatic heterocycles. The molecule has 0 saturated carbocycles. The van der Waals surface area contributed by atoms with Gasteiger partial charge in [0.15, 0.2) is 0 Å². The number of likely N-dealkylation sites (N-methyl/N-ethyl adjacent to an activating group) is 1. The van der Waals surface area contributed by atoms with Crippen molar-refractivity contribution in [3.8, 4) is 0 Å². The van der Waals surface area contributed by atoms with E-state index in [9.17, 15) is 9.59 Å². The molecule has 0 radical (unpaired) electrons. The molecule has 5 N–H and O–H groups in total. The first-order valence-corrected chi connectivity index (χ1v) is 3.82. The van der Waals surface area contributed by atoms with Crippen LogP contribution in [0.3, 0.4) is 0 Å². The second-order valence-corrected chi connectivity index (χ2v) is 2.18. The van der Waals surface area contributed by atoms with Crippen LogP contribution in [0.4, 0.5) is 0 Å². The minimum absolute atomic E-state index is 0.296. The van der Waals surface area contributed by atoms with Gasteiger partial charge >= 0.3 is 11.9 Å². The number of aliphatic carboxylic acids is 2. The van der Waals surface area contributed by atoms with Crippen LogP contribution in [0.25, 0.3) is 0 Å². The van der Waals surface area contributed by atoms with Crippen LogP contribution in [0, 0.1) is 0 Å². The molecule has 6 heteroatoms. The van der Waals surface area contributed by atoms with E-state index in [2.05, 4.69) is 5.32 Å². The van der Waals surface area contributed by atoms with E-state index in [0.717, 1.165) is 13.1 Å². The lowest BCUT2D eigenvalue weighted by molar-refractivity contribution is -0.143. The number of nitrogens with one attached hydrogen (secondary N) is 1. The maximum absolute atomic E-state index is 9.64. The Balaban J connectivity index is 0. The van der Waals surface area contributed by atoms with Crippen molar-refractivity contribution >= 4 is 11.9 Å². The zero-order valence-electron chi connectivity index (χ0n) is 7.62. The summed E-state index contributed by atoms with van der Waals surface area (Å²) in [6.07, 6.45) is -0.593. The lowest BCUT2D eigenvalue weighted by Crippen LogP contribution is -2.17. The molecular weight excluding hydrogens is 176 g/mol. The number of carbonyl (C=O) groups is 2. The van der Waals surface area contributed by atoms with Crippen molar-refractivity contribution in [2.75, 3.05) is 20.1 Å². The molecule has 0 saturated heterocycles. The van der Waals surface area contributed by atoms with E-state index in [1.807, 2.05) is 7.05 Å². The molecule has 0 fully saturated rings. The van der Waals surface area contributed by atoms with Gasteiger partial charge in [-0.25, -0.2) is 0 Å². The fraction of sp³-hybridized carbons (Fsp3) is 0.714. The lowest BCUT2D eigenvalue weighted by atomic mass is 10.3. The minimum atomic E-state index is -1.08. The Morgan fingerprint density at radius 3 is 1.69 bits per heavy atom. The average Bonchev–Trinajstić information content (AvgIpc) is 2.03. The van der Waals surface area contributed by atoms with Crippen LogP contribution in [-0.4, -0.2) is 42.3 Å². The lowest BCUT2D eigenvalue weighted by Gasteiger charge is -1.85. The molecule has 0 aliphatic carbocycles. The summed E-state index contributed by atoms with van der Waals surface area (Å²) in [5.74, 6) is -2.15. The van der Waals surface area contributed by atoms with Gasteiger partial charge in [0, 0.05) is 13.1 Å². The van der Waals surface area contributed by atoms with Crippen molar-refractivity contribution in [3.05, 3.63) is 0 Å². The topological polar surface area (TPSA) is 113 Å². The summed E-state index contributed by atoms with van der Waals surface area (Å²) in [5.41, 5.74) is 5.08. The highest BCUT2D eigenvalue weighted by molar-refractivity contribution is 5.75. The van der Waals surface area contributed by atoms with Crippen molar-refractivity contribution in [1.29, 1.82) is 0 Å². The summed E-state index contributed by atoms with van der Waals surface area (Å²) < 4.78 is 0. The number of carboxylic acid groups (broad SMARTS) is 2. The van der Waals surface area contributed by atoms with Crippen LogP contribution in [0.1, 0.15) is 12.8 Å². The highest BCUT2D eigenvalue weighted by Gasteiger charge is 2.00. The molecule has 0 amide bonds. The van der Waals surface area contributed by atoms with Gasteiger partial charge in [-0.2, -0.15) is 0 Å². The standard InChI is InChI=1S/C4H6O4.C3H10N2/c5-3(6)1-2-4(7)8;1-5-3-2-4/h1-2H2,(H,5,6)(H,7,8);5H,2-4H2,1H3. The molecule has 0 aliphatic rings. The number of hydrogen-bond donors (Lipinski definition) is 4. The zero-order valence-corrected chi connectivity index (χ0v) is 7.62. The third-order valence-corrected chi connectivity index (χ3v) is 0.947. The number of carboxylic acids is 2. The molecule has 0 heterocycles. The van der Waals surface area contributed by atoms with Gasteiger partial charge in [0.25, 0.3) is 0 Å². The molecule has 0 spiro atoms. The molecule has 0 bridgehead atoms. The second-order valence-electron chi connectivity index (χ2n) is 2.18. The maximum atomic E-state index is 9.64. The highest BCUT2D eigenvalue weighted by atomic mass is 16.4. The zero-order chi connectivity index (χ0) is 10.7. The van der Waals surface area contributed by atoms with E-state index in [-0.39, 0.29) is 12.8 Å². The van der Waals surface area contributed by atoms with Crippen LogP contribution in [-0.2, 0) is 9.59 Å². The first-order chi connectivity index (χ1) is 6.04. The van der Waals surface area contributed by atoms with Gasteiger partial charge in [-0.3, -0.25) is 9.59 Å². The minimum Gasteiger partial charge on any atom is -0.481 e. The molecule has 6 nitrogen and oxygen atoms in total. The van der Waals surface area contributed by atoms with Gasteiger partial charge < -0.3 is 21.3 Å². The molecule has 0 aromatic heterocycles. The second kappa shape index (κ2) is 10.9. The van der Waals surface area contributed by atoms with E-state index >= 15 is 0 Å². The third-order valence-electron chi connectivity index (χ3n) is 0.947. The van der Waals surface area contributed by atoms with Crippen LogP contribution < -0.4 is 11.1 Å². The van der Waals surface area contributed by atoms with Crippen LogP contribution in [0.15, 0.2) is 0 Å². The van der Waals surface area contributed by atoms with Gasteiger partial charge in [0.05, 0.1) is 12.8 Å². The van der Waals surface area contributed by atoms with Crippen molar-refractivity contribution in [2.45, 2.75) is 12.8 Å². The van der Waals surface area contributed by atoms with Crippen LogP contribution in [0.2, 0.25) is 0 Å². The summed E-state index contributed by atoms with van der Waals surface area (Å²) in [6.45, 7) is 1.65. The molecular formula is C7H16N2O4. The van der Waals surface area contributed by atoms with Crippen molar-refractivity contribution < 1.29 is 19.8 Å². The summed E-state index contributed by atoms with van der Waals surface area (Å²) in [4.78, 5) is 19.3. The monoisotopic (exact) mass is 192 g/mol. The Morgan fingerprint density at radius 1 is 1.23 bits per heavy atom. The third kappa shape index (κ3) is 24.8. The smallest absolute Gasteiger partial charge is 0.303 e. The molecule has 78 valence electrons. The summed E-state index contributed by atoms with van der Waals surface area (Å²) in [5, 5.41) is 18.7. The molecule has 0 unspecified atom stereocenters. The normalized spacial score (nSPS) is 8.46. The van der Waals surface area contributed by atoms with E-state index in [1.165, 1.54) is 0 Å². The van der Waals surface area contributed by atoms with Crippen LogP contribution >= 0.6 is 0 Å². The number of rotatable bonds is 5. The first kappa shape index (κ1) is 14.4. The predicted molar refractivity (Wildman–Crippen MR) is 47.5 cm³/mol. The Labute approximate surface area is 76.7 Å². The Bertz CT molecular complexity index is 133. The summed E-state index contributed by atoms with van der Waals surface area (Å²) in [7, 11) is 1.88. The van der Waals surface area contributed by atoms with Gasteiger partial charge in [-0.05, 0) is 7.05 Å². The van der Waals surface area contributed by atoms with E-state index in [1.54, 1.807) is 0 Å². The average molecular weight is 192 g/mol. The molecule has 0 aromatic carbocycles. The summed E-state index contributed by atoms with van der Waals surface area (Å²) >= 11 is 0. The van der Waals surface area contributed by atoms with E-state index < -0.39 is 11.9 Å². The Kier molecular flexibility index (Phi) is 12.0. The number of nitrogens with two attached hydrogens (primary N) is 1. The first-order valence-electron chi connectivity index (χ1n) is 3.82. The van der Waals surface area contributed by atoms with E-state index in [0.29, 0.717) is 0 Å². The highest BCUT2D eigenvalue weighted by Crippen LogP contribution is 1.86. The largest absolute Gasteiger partial charge is 0.481 e. The summed E-state index contributed by atoms with van der Waals surface area (Å²) in [6, 6.07) is 0. The predicted octanol–water partition coefficient (Wildman–Crippen LogP) is -0.900. The Morgan fingerprint density at radius 2 is 1.62 bits per heavy atom. The van der Waals surface area contributed by atoms with E-state index in [4.69, 9.17) is 15.9 Å². The van der Waals surface area contributed by atoms with Gasteiger partial charge in [-0.15, -0.1) is 0 Å². The fourth-order valence-electron chi connectivity index (χ4n) is 0.358. The quantitative estimate of drug-likeness (QED) is 0.449. The van der Waals surface area contributed by atoms with Crippen molar-refractivity contribution in [1.82, 2.24) is 5.32 Å². The molecule has 0 aromatic rings. The van der Waals surface area contributed by atoms with Crippen LogP contribution in [0.5, 0.6) is 0 Å². The van der Waals surface area contributed by atoms with Gasteiger partial charge in [0.1, 0.15) is 0 Å². The molecule has 0 rings (SSSR count). The van der Waals surface area contributed by atoms with Crippen molar-refractivity contribution in [2.24, 2.45) is 5.73 Å². The molecule has 0 atom stereocenters. The SMILES string of the molecule is CNCCN.O=C(O)CCC(=O)O. The maximum Gasteiger partial charge on any atom is 0.303 e. The van der Waals surface area contributed by atoms with Gasteiger partial charge in [-0.1, -0.05) is 0 Å². The fourth-order valence-corrected chi connectivity index (χ4v) is 0.358. The number of hydrogen-bond acceptors (Lipinski definition) is 4. The molecule has 13 heavy (non-hydrogen) atoms. The Hall–Kier alpha value is -1.14. The van der Waals surface area contributed by atoms with Crippen molar-refractivity contribution in [3.63, 3.8) is 0 Å².